The van der Waals surface area contributed by atoms with Gasteiger partial charge < -0.3 is 10.5 Å². The van der Waals surface area contributed by atoms with E-state index in [1.165, 1.54) is 0 Å². The molecule has 0 aromatic carbocycles. The van der Waals surface area contributed by atoms with E-state index in [-0.39, 0.29) is 12.3 Å². The number of hydrogen-bond acceptors (Lipinski definition) is 5. The normalized spacial score (nSPS) is 11.9. The Hall–Kier alpha value is -1.89. The van der Waals surface area contributed by atoms with Crippen molar-refractivity contribution in [3.05, 3.63) is 22.4 Å². The van der Waals surface area contributed by atoms with Gasteiger partial charge in [0.2, 0.25) is 0 Å². The molecule has 0 bridgehead atoms. The number of urea groups is 1. The summed E-state index contributed by atoms with van der Waals surface area (Å²) in [5, 5.41) is 3.85. The number of thiophene rings is 1. The molecule has 7 heteroatoms. The summed E-state index contributed by atoms with van der Waals surface area (Å²) >= 11 is 1.56. The van der Waals surface area contributed by atoms with E-state index < -0.39 is 24.0 Å². The van der Waals surface area contributed by atoms with Crippen molar-refractivity contribution in [2.45, 2.75) is 32.8 Å². The second-order valence-corrected chi connectivity index (χ2v) is 5.62. The number of rotatable bonds is 6. The summed E-state index contributed by atoms with van der Waals surface area (Å²) in [6.45, 7) is 3.44. The summed E-state index contributed by atoms with van der Waals surface area (Å²) in [6.07, 6.45) is -0.259. The van der Waals surface area contributed by atoms with Crippen molar-refractivity contribution < 1.29 is 19.1 Å². The molecule has 0 aliphatic carbocycles. The maximum atomic E-state index is 11.7. The van der Waals surface area contributed by atoms with Crippen molar-refractivity contribution in [2.75, 3.05) is 0 Å². The van der Waals surface area contributed by atoms with Gasteiger partial charge in [-0.1, -0.05) is 19.9 Å². The van der Waals surface area contributed by atoms with E-state index in [4.69, 9.17) is 10.5 Å². The Balaban J connectivity index is 2.50. The van der Waals surface area contributed by atoms with Crippen molar-refractivity contribution >= 4 is 29.2 Å². The van der Waals surface area contributed by atoms with Gasteiger partial charge >= 0.3 is 12.0 Å². The maximum Gasteiger partial charge on any atom is 0.318 e. The summed E-state index contributed by atoms with van der Waals surface area (Å²) in [4.78, 5) is 35.1. The topological polar surface area (TPSA) is 98.5 Å². The van der Waals surface area contributed by atoms with E-state index in [0.717, 1.165) is 4.88 Å². The quantitative estimate of drug-likeness (QED) is 0.776. The second-order valence-electron chi connectivity index (χ2n) is 4.59. The van der Waals surface area contributed by atoms with Gasteiger partial charge in [0.1, 0.15) is 0 Å². The third-order valence-corrected chi connectivity index (χ3v) is 3.46. The van der Waals surface area contributed by atoms with Gasteiger partial charge in [-0.3, -0.25) is 14.9 Å². The summed E-state index contributed by atoms with van der Waals surface area (Å²) in [6, 6.07) is 2.87. The van der Waals surface area contributed by atoms with E-state index in [0.29, 0.717) is 6.42 Å². The van der Waals surface area contributed by atoms with Gasteiger partial charge in [0.05, 0.1) is 6.42 Å². The Morgan fingerprint density at radius 3 is 2.60 bits per heavy atom. The highest BCUT2D eigenvalue weighted by Crippen LogP contribution is 2.13. The first-order valence-corrected chi connectivity index (χ1v) is 7.10. The number of nitrogens with one attached hydrogen (secondary N) is 1. The van der Waals surface area contributed by atoms with Gasteiger partial charge in [-0.25, -0.2) is 4.79 Å². The van der Waals surface area contributed by atoms with Crippen LogP contribution < -0.4 is 11.1 Å². The third kappa shape index (κ3) is 5.40. The van der Waals surface area contributed by atoms with Crippen LogP contribution in [0.1, 0.15) is 25.1 Å². The molecule has 0 aliphatic heterocycles. The average Bonchev–Trinajstić information content (AvgIpc) is 2.85. The number of aryl methyl sites for hydroxylation is 1. The van der Waals surface area contributed by atoms with Gasteiger partial charge in [-0.05, 0) is 23.8 Å². The Kier molecular flexibility index (Phi) is 6.17. The molecule has 1 aromatic rings. The molecule has 0 fully saturated rings. The van der Waals surface area contributed by atoms with E-state index in [1.54, 1.807) is 25.2 Å². The number of nitrogens with two attached hydrogens (primary N) is 1. The van der Waals surface area contributed by atoms with Crippen molar-refractivity contribution in [1.29, 1.82) is 0 Å². The number of primary amides is 1. The Labute approximate surface area is 121 Å². The zero-order valence-corrected chi connectivity index (χ0v) is 12.2. The Bertz CT molecular complexity index is 471. The molecule has 0 aliphatic rings. The van der Waals surface area contributed by atoms with Crippen LogP contribution in [0.5, 0.6) is 0 Å². The molecule has 0 spiro atoms. The zero-order valence-electron chi connectivity index (χ0n) is 11.4. The van der Waals surface area contributed by atoms with Crippen LogP contribution in [0.4, 0.5) is 4.79 Å². The minimum absolute atomic E-state index is 0.188. The van der Waals surface area contributed by atoms with Gasteiger partial charge in [0, 0.05) is 4.88 Å². The van der Waals surface area contributed by atoms with Gasteiger partial charge in [0.25, 0.3) is 5.91 Å². The average molecular weight is 298 g/mol. The van der Waals surface area contributed by atoms with Crippen molar-refractivity contribution in [1.82, 2.24) is 5.32 Å². The van der Waals surface area contributed by atoms with Crippen molar-refractivity contribution in [3.8, 4) is 0 Å². The minimum Gasteiger partial charge on any atom is -0.452 e. The van der Waals surface area contributed by atoms with Crippen molar-refractivity contribution in [2.24, 2.45) is 11.7 Å². The standard InChI is InChI=1S/C13H18N2O4S/c1-8(2)11(12(17)15-13(14)18)19-10(16)6-5-9-4-3-7-20-9/h3-4,7-8,11H,5-6H2,1-2H3,(H3,14,15,17,18)/t11-/m0/s1. The second kappa shape index (κ2) is 7.64. The first kappa shape index (κ1) is 16.2. The van der Waals surface area contributed by atoms with Gasteiger partial charge in [0.15, 0.2) is 6.10 Å². The van der Waals surface area contributed by atoms with Crippen LogP contribution in [0.25, 0.3) is 0 Å². The summed E-state index contributed by atoms with van der Waals surface area (Å²) in [7, 11) is 0. The highest BCUT2D eigenvalue weighted by molar-refractivity contribution is 7.09. The molecule has 20 heavy (non-hydrogen) atoms. The van der Waals surface area contributed by atoms with E-state index in [9.17, 15) is 14.4 Å². The van der Waals surface area contributed by atoms with Crippen LogP contribution in [0, 0.1) is 5.92 Å². The van der Waals surface area contributed by atoms with Crippen LogP contribution in [0.2, 0.25) is 0 Å². The lowest BCUT2D eigenvalue weighted by molar-refractivity contribution is -0.158. The number of ether oxygens (including phenoxy) is 1. The highest BCUT2D eigenvalue weighted by Gasteiger charge is 2.27. The fourth-order valence-corrected chi connectivity index (χ4v) is 2.27. The first-order valence-electron chi connectivity index (χ1n) is 6.22. The highest BCUT2D eigenvalue weighted by atomic mass is 32.1. The van der Waals surface area contributed by atoms with E-state index >= 15 is 0 Å². The van der Waals surface area contributed by atoms with E-state index in [2.05, 4.69) is 0 Å². The van der Waals surface area contributed by atoms with Crippen LogP contribution in [-0.4, -0.2) is 24.0 Å². The van der Waals surface area contributed by atoms with Gasteiger partial charge in [-0.2, -0.15) is 0 Å². The molecule has 1 aromatic heterocycles. The molecule has 1 rings (SSSR count). The fraction of sp³-hybridized carbons (Fsp3) is 0.462. The molecule has 110 valence electrons. The summed E-state index contributed by atoms with van der Waals surface area (Å²) in [5.74, 6) is -1.42. The molecule has 0 radical (unpaired) electrons. The lowest BCUT2D eigenvalue weighted by Crippen LogP contribution is -2.45. The molecular weight excluding hydrogens is 280 g/mol. The van der Waals surface area contributed by atoms with Gasteiger partial charge in [-0.15, -0.1) is 11.3 Å². The van der Waals surface area contributed by atoms with Crippen LogP contribution in [0.3, 0.4) is 0 Å². The monoisotopic (exact) mass is 298 g/mol. The molecular formula is C13H18N2O4S. The number of imide groups is 1. The molecule has 0 unspecified atom stereocenters. The molecule has 3 N–H and O–H groups in total. The summed E-state index contributed by atoms with van der Waals surface area (Å²) in [5.41, 5.74) is 4.87. The smallest absolute Gasteiger partial charge is 0.318 e. The molecule has 1 heterocycles. The predicted octanol–water partition coefficient (Wildman–Crippen LogP) is 1.44. The fourth-order valence-electron chi connectivity index (χ4n) is 1.57. The SMILES string of the molecule is CC(C)[C@H](OC(=O)CCc1cccs1)C(=O)NC(N)=O. The van der Waals surface area contributed by atoms with Crippen LogP contribution in [-0.2, 0) is 20.7 Å². The number of amides is 3. The van der Waals surface area contributed by atoms with Crippen molar-refractivity contribution in [3.63, 3.8) is 0 Å². The lowest BCUT2D eigenvalue weighted by atomic mass is 10.1. The third-order valence-electron chi connectivity index (χ3n) is 2.52. The number of carbonyl (C=O) groups is 3. The molecule has 3 amide bonds. The molecule has 1 atom stereocenters. The largest absolute Gasteiger partial charge is 0.452 e. The molecule has 0 saturated carbocycles. The zero-order chi connectivity index (χ0) is 15.1. The number of esters is 1. The molecule has 6 nitrogen and oxygen atoms in total. The Morgan fingerprint density at radius 1 is 1.40 bits per heavy atom. The van der Waals surface area contributed by atoms with Crippen LogP contribution >= 0.6 is 11.3 Å². The first-order chi connectivity index (χ1) is 9.40. The summed E-state index contributed by atoms with van der Waals surface area (Å²) < 4.78 is 5.12. The van der Waals surface area contributed by atoms with E-state index in [1.807, 2.05) is 22.8 Å². The predicted molar refractivity (Wildman–Crippen MR) is 75.1 cm³/mol. The molecule has 0 saturated heterocycles. The Morgan fingerprint density at radius 2 is 2.10 bits per heavy atom. The van der Waals surface area contributed by atoms with Crippen LogP contribution in [0.15, 0.2) is 17.5 Å². The maximum absolute atomic E-state index is 11.7. The number of hydrogen-bond donors (Lipinski definition) is 2. The minimum atomic E-state index is -1.02. The lowest BCUT2D eigenvalue weighted by Gasteiger charge is -2.19. The number of carbonyl (C=O) groups excluding carboxylic acids is 3.